The van der Waals surface area contributed by atoms with Crippen LogP contribution in [0.4, 0.5) is 5.69 Å². The van der Waals surface area contributed by atoms with Crippen LogP contribution in [-0.2, 0) is 12.8 Å². The summed E-state index contributed by atoms with van der Waals surface area (Å²) in [5.41, 5.74) is 2.89. The van der Waals surface area contributed by atoms with E-state index in [0.717, 1.165) is 28.8 Å². The highest BCUT2D eigenvalue weighted by molar-refractivity contribution is 7.14. The molecule has 0 spiro atoms. The molecule has 3 aromatic heterocycles. The van der Waals surface area contributed by atoms with E-state index < -0.39 is 0 Å². The van der Waals surface area contributed by atoms with Crippen molar-refractivity contribution < 1.29 is 4.79 Å². The van der Waals surface area contributed by atoms with Crippen LogP contribution in [-0.4, -0.2) is 20.7 Å². The number of amides is 1. The number of carbonyl (C=O) groups excluding carboxylic acids is 1. The zero-order valence-corrected chi connectivity index (χ0v) is 14.0. The van der Waals surface area contributed by atoms with Gasteiger partial charge >= 0.3 is 0 Å². The summed E-state index contributed by atoms with van der Waals surface area (Å²) in [5.74, 6) is -0.0539. The van der Waals surface area contributed by atoms with E-state index >= 15 is 0 Å². The van der Waals surface area contributed by atoms with Crippen LogP contribution in [0.25, 0.3) is 11.0 Å². The van der Waals surface area contributed by atoms with Crippen LogP contribution in [0.5, 0.6) is 0 Å². The van der Waals surface area contributed by atoms with Gasteiger partial charge in [-0.15, -0.1) is 11.3 Å². The van der Waals surface area contributed by atoms with E-state index in [1.165, 1.54) is 16.9 Å². The predicted octanol–water partition coefficient (Wildman–Crippen LogP) is 3.81. The largest absolute Gasteiger partial charge is 0.320 e. The van der Waals surface area contributed by atoms with E-state index in [9.17, 15) is 4.79 Å². The second-order valence-corrected chi connectivity index (χ2v) is 7.32. The van der Waals surface area contributed by atoms with Crippen molar-refractivity contribution in [2.45, 2.75) is 39.2 Å². The van der Waals surface area contributed by atoms with Crippen LogP contribution >= 0.6 is 11.3 Å². The Balaban J connectivity index is 1.58. The number of nitrogens with zero attached hydrogens (tertiary/aromatic N) is 3. The van der Waals surface area contributed by atoms with Crippen LogP contribution in [0, 0.1) is 0 Å². The number of anilines is 1. The van der Waals surface area contributed by atoms with E-state index in [1.807, 2.05) is 16.8 Å². The molecule has 4 rings (SSSR count). The molecule has 0 saturated carbocycles. The van der Waals surface area contributed by atoms with Gasteiger partial charge < -0.3 is 5.32 Å². The van der Waals surface area contributed by atoms with Gasteiger partial charge in [-0.2, -0.15) is 5.10 Å². The third-order valence-corrected chi connectivity index (χ3v) is 5.39. The molecule has 0 unspecified atom stereocenters. The summed E-state index contributed by atoms with van der Waals surface area (Å²) in [4.78, 5) is 19.0. The van der Waals surface area contributed by atoms with E-state index in [4.69, 9.17) is 0 Å². The molecule has 0 aromatic carbocycles. The minimum atomic E-state index is -0.0539. The van der Waals surface area contributed by atoms with Gasteiger partial charge in [0.05, 0.1) is 23.0 Å². The van der Waals surface area contributed by atoms with Crippen LogP contribution in [0.2, 0.25) is 0 Å². The Morgan fingerprint density at radius 2 is 2.17 bits per heavy atom. The standard InChI is InChI=1S/C17H18N4OS/c1-10(2)21-16-12(8-19-21)6-13(9-18-16)20-17(22)15-7-11-4-3-5-14(11)23-15/h6-10H,3-5H2,1-2H3,(H,20,22). The smallest absolute Gasteiger partial charge is 0.265 e. The number of fused-ring (bicyclic) bond motifs is 2. The summed E-state index contributed by atoms with van der Waals surface area (Å²) in [6, 6.07) is 4.22. The third-order valence-electron chi connectivity index (χ3n) is 4.15. The minimum Gasteiger partial charge on any atom is -0.320 e. The molecule has 23 heavy (non-hydrogen) atoms. The lowest BCUT2D eigenvalue weighted by molar-refractivity contribution is 0.103. The Bertz CT molecular complexity index is 872. The molecule has 3 heterocycles. The monoisotopic (exact) mass is 326 g/mol. The third kappa shape index (κ3) is 2.53. The van der Waals surface area contributed by atoms with Gasteiger partial charge in [0, 0.05) is 16.3 Å². The zero-order valence-electron chi connectivity index (χ0n) is 13.2. The van der Waals surface area contributed by atoms with E-state index in [2.05, 4.69) is 29.2 Å². The second-order valence-electron chi connectivity index (χ2n) is 6.19. The maximum absolute atomic E-state index is 12.4. The Morgan fingerprint density at radius 3 is 2.96 bits per heavy atom. The summed E-state index contributed by atoms with van der Waals surface area (Å²) < 4.78 is 1.88. The van der Waals surface area contributed by atoms with Crippen molar-refractivity contribution in [2.75, 3.05) is 5.32 Å². The average Bonchev–Trinajstić information content (AvgIpc) is 3.20. The Kier molecular flexibility index (Phi) is 3.41. The maximum Gasteiger partial charge on any atom is 0.265 e. The lowest BCUT2D eigenvalue weighted by Gasteiger charge is -2.07. The highest BCUT2D eigenvalue weighted by Gasteiger charge is 2.18. The van der Waals surface area contributed by atoms with Crippen molar-refractivity contribution >= 4 is 34.0 Å². The lowest BCUT2D eigenvalue weighted by atomic mass is 10.2. The fourth-order valence-electron chi connectivity index (χ4n) is 3.02. The van der Waals surface area contributed by atoms with Crippen molar-refractivity contribution in [3.05, 3.63) is 39.8 Å². The maximum atomic E-state index is 12.4. The summed E-state index contributed by atoms with van der Waals surface area (Å²) in [5, 5.41) is 8.24. The molecule has 1 N–H and O–H groups in total. The number of hydrogen-bond acceptors (Lipinski definition) is 4. The molecule has 6 heteroatoms. The van der Waals surface area contributed by atoms with Crippen molar-refractivity contribution in [1.29, 1.82) is 0 Å². The molecule has 1 aliphatic carbocycles. The Labute approximate surface area is 138 Å². The Morgan fingerprint density at radius 1 is 1.30 bits per heavy atom. The first-order valence-electron chi connectivity index (χ1n) is 7.88. The number of thiophene rings is 1. The van der Waals surface area contributed by atoms with Gasteiger partial charge in [-0.05, 0) is 50.8 Å². The van der Waals surface area contributed by atoms with E-state index in [1.54, 1.807) is 23.7 Å². The molecule has 0 bridgehead atoms. The molecule has 0 aliphatic heterocycles. The summed E-state index contributed by atoms with van der Waals surface area (Å²) in [6.45, 7) is 4.14. The molecule has 3 aromatic rings. The molecule has 1 amide bonds. The van der Waals surface area contributed by atoms with Gasteiger partial charge in [0.25, 0.3) is 5.91 Å². The van der Waals surface area contributed by atoms with Gasteiger partial charge in [0.1, 0.15) is 0 Å². The quantitative estimate of drug-likeness (QED) is 0.796. The van der Waals surface area contributed by atoms with Crippen molar-refractivity contribution in [1.82, 2.24) is 14.8 Å². The first kappa shape index (κ1) is 14.4. The first-order valence-corrected chi connectivity index (χ1v) is 8.69. The van der Waals surface area contributed by atoms with Gasteiger partial charge in [-0.1, -0.05) is 0 Å². The predicted molar refractivity (Wildman–Crippen MR) is 92.2 cm³/mol. The number of carbonyl (C=O) groups is 1. The van der Waals surface area contributed by atoms with Crippen LogP contribution < -0.4 is 5.32 Å². The SMILES string of the molecule is CC(C)n1ncc2cc(NC(=O)c3cc4c(s3)CCC4)cnc21. The van der Waals surface area contributed by atoms with Gasteiger partial charge in [-0.25, -0.2) is 9.67 Å². The summed E-state index contributed by atoms with van der Waals surface area (Å²) in [6.07, 6.45) is 6.90. The zero-order chi connectivity index (χ0) is 16.0. The lowest BCUT2D eigenvalue weighted by Crippen LogP contribution is -2.10. The van der Waals surface area contributed by atoms with E-state index in [-0.39, 0.29) is 11.9 Å². The number of hydrogen-bond donors (Lipinski definition) is 1. The number of aromatic nitrogens is 3. The van der Waals surface area contributed by atoms with Crippen LogP contribution in [0.3, 0.4) is 0 Å². The van der Waals surface area contributed by atoms with Crippen LogP contribution in [0.1, 0.15) is 46.4 Å². The molecular formula is C17H18N4OS. The fourth-order valence-corrected chi connectivity index (χ4v) is 4.17. The highest BCUT2D eigenvalue weighted by Crippen LogP contribution is 2.31. The molecule has 118 valence electrons. The fraction of sp³-hybridized carbons (Fsp3) is 0.353. The van der Waals surface area contributed by atoms with Crippen molar-refractivity contribution in [3.8, 4) is 0 Å². The molecule has 0 atom stereocenters. The second kappa shape index (κ2) is 5.45. The number of nitrogens with one attached hydrogen (secondary N) is 1. The normalized spacial score (nSPS) is 13.7. The first-order chi connectivity index (χ1) is 11.1. The average molecular weight is 326 g/mol. The minimum absolute atomic E-state index is 0.0539. The molecule has 5 nitrogen and oxygen atoms in total. The van der Waals surface area contributed by atoms with Crippen molar-refractivity contribution in [2.24, 2.45) is 0 Å². The van der Waals surface area contributed by atoms with E-state index in [0.29, 0.717) is 5.69 Å². The number of aryl methyl sites for hydroxylation is 2. The molecule has 0 fully saturated rings. The highest BCUT2D eigenvalue weighted by atomic mass is 32.1. The topological polar surface area (TPSA) is 59.8 Å². The summed E-state index contributed by atoms with van der Waals surface area (Å²) in [7, 11) is 0. The van der Waals surface area contributed by atoms with Gasteiger partial charge in [0.15, 0.2) is 5.65 Å². The Hall–Kier alpha value is -2.21. The van der Waals surface area contributed by atoms with Crippen molar-refractivity contribution in [3.63, 3.8) is 0 Å². The molecule has 0 saturated heterocycles. The van der Waals surface area contributed by atoms with Gasteiger partial charge in [0.2, 0.25) is 0 Å². The number of rotatable bonds is 3. The molecule has 0 radical (unpaired) electrons. The van der Waals surface area contributed by atoms with Gasteiger partial charge in [-0.3, -0.25) is 4.79 Å². The molecule has 1 aliphatic rings. The van der Waals surface area contributed by atoms with Crippen LogP contribution in [0.15, 0.2) is 24.5 Å². The number of pyridine rings is 1. The molecular weight excluding hydrogens is 308 g/mol. The summed E-state index contributed by atoms with van der Waals surface area (Å²) >= 11 is 1.61.